The molecule has 2 rings (SSSR count). The summed E-state index contributed by atoms with van der Waals surface area (Å²) in [6, 6.07) is 4.97. The summed E-state index contributed by atoms with van der Waals surface area (Å²) in [4.78, 5) is 39.8. The highest BCUT2D eigenvalue weighted by atomic mass is 16.5. The third-order valence-corrected chi connectivity index (χ3v) is 4.26. The van der Waals surface area contributed by atoms with Gasteiger partial charge in [0.1, 0.15) is 5.75 Å². The molecule has 0 aromatic heterocycles. The third kappa shape index (κ3) is 4.97. The van der Waals surface area contributed by atoms with E-state index in [0.29, 0.717) is 55.5 Å². The summed E-state index contributed by atoms with van der Waals surface area (Å²) in [5.41, 5.74) is 0.952. The Morgan fingerprint density at radius 3 is 2.27 bits per heavy atom. The lowest BCUT2D eigenvalue weighted by Gasteiger charge is -2.35. The van der Waals surface area contributed by atoms with Crippen LogP contribution >= 0.6 is 0 Å². The Balaban J connectivity index is 2.04. The number of benzene rings is 1. The van der Waals surface area contributed by atoms with Gasteiger partial charge in [0.2, 0.25) is 11.8 Å². The Labute approximate surface area is 154 Å². The van der Waals surface area contributed by atoms with Crippen molar-refractivity contribution in [2.45, 2.75) is 27.2 Å². The van der Waals surface area contributed by atoms with Crippen LogP contribution in [-0.4, -0.2) is 60.8 Å². The molecule has 0 atom stereocenters. The van der Waals surface area contributed by atoms with E-state index in [2.05, 4.69) is 5.32 Å². The summed E-state index contributed by atoms with van der Waals surface area (Å²) >= 11 is 0. The number of amides is 3. The lowest BCUT2D eigenvalue weighted by atomic mass is 10.1. The van der Waals surface area contributed by atoms with E-state index >= 15 is 0 Å². The van der Waals surface area contributed by atoms with Crippen LogP contribution in [0.25, 0.3) is 0 Å². The highest BCUT2D eigenvalue weighted by Gasteiger charge is 2.25. The molecule has 26 heavy (non-hydrogen) atoms. The Hall–Kier alpha value is -2.57. The second-order valence-electron chi connectivity index (χ2n) is 6.87. The summed E-state index contributed by atoms with van der Waals surface area (Å²) in [5, 5.41) is 2.68. The van der Waals surface area contributed by atoms with E-state index in [9.17, 15) is 14.4 Å². The van der Waals surface area contributed by atoms with Crippen molar-refractivity contribution >= 4 is 23.4 Å². The average molecular weight is 361 g/mol. The quantitative estimate of drug-likeness (QED) is 0.870. The smallest absolute Gasteiger partial charge is 0.254 e. The first kappa shape index (κ1) is 19.8. The highest BCUT2D eigenvalue weighted by molar-refractivity contribution is 5.98. The molecule has 1 aliphatic rings. The van der Waals surface area contributed by atoms with Gasteiger partial charge in [-0.15, -0.1) is 0 Å². The molecule has 0 aliphatic carbocycles. The highest BCUT2D eigenvalue weighted by Crippen LogP contribution is 2.26. The first-order chi connectivity index (χ1) is 12.3. The van der Waals surface area contributed by atoms with Crippen LogP contribution in [0.5, 0.6) is 5.75 Å². The van der Waals surface area contributed by atoms with Crippen molar-refractivity contribution in [2.75, 3.05) is 38.6 Å². The normalized spacial score (nSPS) is 14.3. The molecule has 7 heteroatoms. The molecular formula is C19H27N3O4. The van der Waals surface area contributed by atoms with Crippen molar-refractivity contribution in [3.8, 4) is 5.75 Å². The van der Waals surface area contributed by atoms with E-state index in [-0.39, 0.29) is 17.7 Å². The molecule has 1 heterocycles. The lowest BCUT2D eigenvalue weighted by Crippen LogP contribution is -2.50. The summed E-state index contributed by atoms with van der Waals surface area (Å²) < 4.78 is 5.21. The van der Waals surface area contributed by atoms with Crippen LogP contribution in [-0.2, 0) is 9.59 Å². The van der Waals surface area contributed by atoms with E-state index in [1.54, 1.807) is 23.1 Å². The number of anilines is 1. The van der Waals surface area contributed by atoms with Crippen molar-refractivity contribution in [2.24, 2.45) is 5.92 Å². The summed E-state index contributed by atoms with van der Waals surface area (Å²) in [6.45, 7) is 7.55. The number of carbonyl (C=O) groups excluding carboxylic acids is 3. The fraction of sp³-hybridized carbons (Fsp3) is 0.526. The maximum atomic E-state index is 12.8. The standard InChI is InChI=1S/C19H27N3O4/c1-13(2)11-18(24)21-7-9-22(10-8-21)19(25)15-5-6-17(26-4)16(12-15)20-14(3)23/h5-6,12-13H,7-11H2,1-4H3,(H,20,23). The minimum absolute atomic E-state index is 0.116. The van der Waals surface area contributed by atoms with Crippen LogP contribution < -0.4 is 10.1 Å². The number of methoxy groups -OCH3 is 1. The molecule has 1 aromatic carbocycles. The Bertz CT molecular complexity index is 679. The molecule has 0 radical (unpaired) electrons. The number of carbonyl (C=O) groups is 3. The van der Waals surface area contributed by atoms with Crippen molar-refractivity contribution in [1.82, 2.24) is 9.80 Å². The maximum absolute atomic E-state index is 12.8. The summed E-state index contributed by atoms with van der Waals surface area (Å²) in [7, 11) is 1.51. The predicted octanol–water partition coefficient (Wildman–Crippen LogP) is 1.98. The molecule has 1 N–H and O–H groups in total. The average Bonchev–Trinajstić information content (AvgIpc) is 2.60. The molecule has 1 aliphatic heterocycles. The number of nitrogens with one attached hydrogen (secondary N) is 1. The Morgan fingerprint density at radius 1 is 1.12 bits per heavy atom. The second-order valence-corrected chi connectivity index (χ2v) is 6.87. The summed E-state index contributed by atoms with van der Waals surface area (Å²) in [5.74, 6) is 0.624. The second kappa shape index (κ2) is 8.69. The predicted molar refractivity (Wildman–Crippen MR) is 99.2 cm³/mol. The topological polar surface area (TPSA) is 79.0 Å². The fourth-order valence-corrected chi connectivity index (χ4v) is 2.95. The Kier molecular flexibility index (Phi) is 6.60. The van der Waals surface area contributed by atoms with Gasteiger partial charge in [0, 0.05) is 45.1 Å². The molecule has 0 spiro atoms. The molecule has 1 saturated heterocycles. The minimum Gasteiger partial charge on any atom is -0.495 e. The maximum Gasteiger partial charge on any atom is 0.254 e. The zero-order valence-electron chi connectivity index (χ0n) is 15.9. The van der Waals surface area contributed by atoms with Gasteiger partial charge < -0.3 is 19.9 Å². The van der Waals surface area contributed by atoms with E-state index < -0.39 is 0 Å². The van der Waals surface area contributed by atoms with Gasteiger partial charge in [-0.3, -0.25) is 14.4 Å². The van der Waals surface area contributed by atoms with Crippen molar-refractivity contribution in [1.29, 1.82) is 0 Å². The number of ether oxygens (including phenoxy) is 1. The van der Waals surface area contributed by atoms with E-state index in [0.717, 1.165) is 0 Å². The van der Waals surface area contributed by atoms with E-state index in [1.165, 1.54) is 14.0 Å². The van der Waals surface area contributed by atoms with Gasteiger partial charge in [0.25, 0.3) is 5.91 Å². The number of nitrogens with zero attached hydrogens (tertiary/aromatic N) is 2. The lowest BCUT2D eigenvalue weighted by molar-refractivity contribution is -0.133. The van der Waals surface area contributed by atoms with Crippen LogP contribution in [0.1, 0.15) is 37.6 Å². The largest absolute Gasteiger partial charge is 0.495 e. The van der Waals surface area contributed by atoms with Gasteiger partial charge in [-0.1, -0.05) is 13.8 Å². The molecule has 0 bridgehead atoms. The van der Waals surface area contributed by atoms with Crippen molar-refractivity contribution < 1.29 is 19.1 Å². The molecule has 1 fully saturated rings. The van der Waals surface area contributed by atoms with Crippen LogP contribution in [0.3, 0.4) is 0 Å². The van der Waals surface area contributed by atoms with Crippen molar-refractivity contribution in [3.05, 3.63) is 23.8 Å². The molecule has 1 aromatic rings. The monoisotopic (exact) mass is 361 g/mol. The fourth-order valence-electron chi connectivity index (χ4n) is 2.95. The number of rotatable bonds is 5. The van der Waals surface area contributed by atoms with Gasteiger partial charge in [-0.2, -0.15) is 0 Å². The first-order valence-corrected chi connectivity index (χ1v) is 8.84. The molecule has 0 unspecified atom stereocenters. The van der Waals surface area contributed by atoms with Gasteiger partial charge in [0.15, 0.2) is 0 Å². The third-order valence-electron chi connectivity index (χ3n) is 4.26. The van der Waals surface area contributed by atoms with Crippen LogP contribution in [0, 0.1) is 5.92 Å². The minimum atomic E-state index is -0.231. The molecule has 142 valence electrons. The number of hydrogen-bond donors (Lipinski definition) is 1. The molecule has 3 amide bonds. The van der Waals surface area contributed by atoms with Gasteiger partial charge >= 0.3 is 0 Å². The SMILES string of the molecule is COc1ccc(C(=O)N2CCN(C(=O)CC(C)C)CC2)cc1NC(C)=O. The van der Waals surface area contributed by atoms with Crippen LogP contribution in [0.15, 0.2) is 18.2 Å². The molecule has 0 saturated carbocycles. The van der Waals surface area contributed by atoms with E-state index in [4.69, 9.17) is 4.74 Å². The number of piperazine rings is 1. The van der Waals surface area contributed by atoms with Gasteiger partial charge in [-0.25, -0.2) is 0 Å². The van der Waals surface area contributed by atoms with Gasteiger partial charge in [-0.05, 0) is 24.1 Å². The number of hydrogen-bond acceptors (Lipinski definition) is 4. The van der Waals surface area contributed by atoms with Crippen LogP contribution in [0.4, 0.5) is 5.69 Å². The van der Waals surface area contributed by atoms with Crippen molar-refractivity contribution in [3.63, 3.8) is 0 Å². The zero-order chi connectivity index (χ0) is 19.3. The zero-order valence-corrected chi connectivity index (χ0v) is 15.9. The first-order valence-electron chi connectivity index (χ1n) is 8.84. The van der Waals surface area contributed by atoms with E-state index in [1.807, 2.05) is 18.7 Å². The molecule has 7 nitrogen and oxygen atoms in total. The Morgan fingerprint density at radius 2 is 1.73 bits per heavy atom. The summed E-state index contributed by atoms with van der Waals surface area (Å²) in [6.07, 6.45) is 0.534. The van der Waals surface area contributed by atoms with Gasteiger partial charge in [0.05, 0.1) is 12.8 Å². The molecular weight excluding hydrogens is 334 g/mol. The van der Waals surface area contributed by atoms with Crippen LogP contribution in [0.2, 0.25) is 0 Å².